The minimum absolute atomic E-state index is 0.252. The van der Waals surface area contributed by atoms with Gasteiger partial charge in [-0.15, -0.1) is 0 Å². The summed E-state index contributed by atoms with van der Waals surface area (Å²) in [6.45, 7) is 4.03. The highest BCUT2D eigenvalue weighted by Gasteiger charge is 2.33. The molecule has 2 rings (SSSR count). The maximum atomic E-state index is 12.2. The predicted octanol–water partition coefficient (Wildman–Crippen LogP) is 3.46. The number of nitrogens with zero attached hydrogens (tertiary/aromatic N) is 1. The maximum Gasteiger partial charge on any atom is 0.343 e. The van der Waals surface area contributed by atoms with Crippen molar-refractivity contribution in [2.24, 2.45) is 0 Å². The summed E-state index contributed by atoms with van der Waals surface area (Å²) in [4.78, 5) is 36.9. The Balaban J connectivity index is 2.34. The number of esters is 1. The Labute approximate surface area is 163 Å². The van der Waals surface area contributed by atoms with Crippen LogP contribution in [-0.4, -0.2) is 48.9 Å². The van der Waals surface area contributed by atoms with Gasteiger partial charge in [0, 0.05) is 11.0 Å². The topological polar surface area (TPSA) is 82.1 Å². The molecule has 1 aromatic rings. The molecule has 0 aromatic heterocycles. The number of methoxy groups -OCH3 is 1. The van der Waals surface area contributed by atoms with Gasteiger partial charge in [0.25, 0.3) is 11.1 Å². The fourth-order valence-corrected chi connectivity index (χ4v) is 3.48. The number of thioether (sulfide) groups is 1. The van der Waals surface area contributed by atoms with E-state index in [4.69, 9.17) is 9.47 Å². The van der Waals surface area contributed by atoms with Crippen LogP contribution in [0.3, 0.4) is 0 Å². The van der Waals surface area contributed by atoms with Crippen LogP contribution in [0.2, 0.25) is 0 Å². The molecule has 1 aromatic carbocycles. The molecular formula is C17H18BrNO6S. The van der Waals surface area contributed by atoms with Gasteiger partial charge in [-0.1, -0.05) is 15.9 Å². The lowest BCUT2D eigenvalue weighted by molar-refractivity contribution is -0.142. The summed E-state index contributed by atoms with van der Waals surface area (Å²) in [7, 11) is 1.28. The lowest BCUT2D eigenvalue weighted by Crippen LogP contribution is -2.27. The Morgan fingerprint density at radius 1 is 1.23 bits per heavy atom. The van der Waals surface area contributed by atoms with Gasteiger partial charge in [0.1, 0.15) is 0 Å². The van der Waals surface area contributed by atoms with Crippen LogP contribution in [0.4, 0.5) is 4.79 Å². The van der Waals surface area contributed by atoms with E-state index < -0.39 is 5.97 Å². The van der Waals surface area contributed by atoms with Gasteiger partial charge in [-0.3, -0.25) is 14.5 Å². The average Bonchev–Trinajstić information content (AvgIpc) is 2.89. The molecule has 0 radical (unpaired) electrons. The van der Waals surface area contributed by atoms with E-state index in [1.807, 2.05) is 6.92 Å². The molecule has 0 saturated carbocycles. The highest BCUT2D eigenvalue weighted by atomic mass is 79.9. The summed E-state index contributed by atoms with van der Waals surface area (Å²) >= 11 is 4.31. The standard InChI is InChI=1S/C17H18BrNO6S/c1-4-19-16(21)14(26-17(19)22)7-10-6-12(24-5-2)13(8-11(10)18)25-9-15(20)23-3/h6-8H,4-5,9H2,1-3H3/b14-7+. The third-order valence-corrected chi connectivity index (χ3v) is 5.01. The number of ether oxygens (including phenoxy) is 3. The summed E-state index contributed by atoms with van der Waals surface area (Å²) < 4.78 is 16.2. The molecule has 1 aliphatic rings. The van der Waals surface area contributed by atoms with Gasteiger partial charge < -0.3 is 14.2 Å². The summed E-state index contributed by atoms with van der Waals surface area (Å²) in [6, 6.07) is 3.32. The number of amides is 2. The van der Waals surface area contributed by atoms with Crippen molar-refractivity contribution >= 4 is 50.9 Å². The second-order valence-corrected chi connectivity index (χ2v) is 6.89. The van der Waals surface area contributed by atoms with E-state index in [2.05, 4.69) is 20.7 Å². The number of hydrogen-bond acceptors (Lipinski definition) is 7. The average molecular weight is 444 g/mol. The van der Waals surface area contributed by atoms with Gasteiger partial charge in [0.2, 0.25) is 0 Å². The van der Waals surface area contributed by atoms with Crippen LogP contribution in [0.5, 0.6) is 11.5 Å². The summed E-state index contributed by atoms with van der Waals surface area (Å²) in [6.07, 6.45) is 1.62. The minimum atomic E-state index is -0.513. The van der Waals surface area contributed by atoms with Crippen molar-refractivity contribution in [2.75, 3.05) is 26.9 Å². The SMILES string of the molecule is CCOc1cc(/C=C2/SC(=O)N(CC)C2=O)c(Br)cc1OCC(=O)OC. The first kappa shape index (κ1) is 20.3. The highest BCUT2D eigenvalue weighted by molar-refractivity contribution is 9.10. The van der Waals surface area contributed by atoms with Crippen LogP contribution in [-0.2, 0) is 14.3 Å². The van der Waals surface area contributed by atoms with E-state index in [9.17, 15) is 14.4 Å². The quantitative estimate of drug-likeness (QED) is 0.471. The van der Waals surface area contributed by atoms with Gasteiger partial charge in [-0.05, 0) is 49.4 Å². The zero-order valence-electron chi connectivity index (χ0n) is 14.5. The molecular weight excluding hydrogens is 426 g/mol. The Morgan fingerprint density at radius 3 is 2.50 bits per heavy atom. The molecule has 7 nitrogen and oxygen atoms in total. The molecule has 1 heterocycles. The third-order valence-electron chi connectivity index (χ3n) is 3.41. The molecule has 26 heavy (non-hydrogen) atoms. The lowest BCUT2D eigenvalue weighted by Gasteiger charge is -2.13. The largest absolute Gasteiger partial charge is 0.490 e. The number of hydrogen-bond donors (Lipinski definition) is 0. The fraction of sp³-hybridized carbons (Fsp3) is 0.353. The van der Waals surface area contributed by atoms with Crippen molar-refractivity contribution in [1.82, 2.24) is 4.90 Å². The smallest absolute Gasteiger partial charge is 0.343 e. The highest BCUT2D eigenvalue weighted by Crippen LogP contribution is 2.38. The lowest BCUT2D eigenvalue weighted by atomic mass is 10.2. The molecule has 0 atom stereocenters. The first-order valence-corrected chi connectivity index (χ1v) is 9.43. The molecule has 0 unspecified atom stereocenters. The zero-order chi connectivity index (χ0) is 19.3. The van der Waals surface area contributed by atoms with Gasteiger partial charge >= 0.3 is 5.97 Å². The molecule has 1 fully saturated rings. The summed E-state index contributed by atoms with van der Waals surface area (Å²) in [5.41, 5.74) is 0.653. The van der Waals surface area contributed by atoms with Crippen LogP contribution in [0.25, 0.3) is 6.08 Å². The minimum Gasteiger partial charge on any atom is -0.490 e. The summed E-state index contributed by atoms with van der Waals surface area (Å²) in [5.74, 6) is -0.0530. The number of rotatable bonds is 7. The number of likely N-dealkylation sites (N-methyl/N-ethyl adjacent to an activating group) is 1. The Morgan fingerprint density at radius 2 is 1.92 bits per heavy atom. The van der Waals surface area contributed by atoms with E-state index in [1.165, 1.54) is 12.0 Å². The molecule has 1 saturated heterocycles. The van der Waals surface area contributed by atoms with Crippen molar-refractivity contribution in [3.05, 3.63) is 27.1 Å². The van der Waals surface area contributed by atoms with E-state index >= 15 is 0 Å². The molecule has 0 N–H and O–H groups in total. The number of benzene rings is 1. The van der Waals surface area contributed by atoms with E-state index in [-0.39, 0.29) is 17.8 Å². The van der Waals surface area contributed by atoms with Crippen LogP contribution in [0, 0.1) is 0 Å². The first-order chi connectivity index (χ1) is 12.4. The molecule has 1 aliphatic heterocycles. The van der Waals surface area contributed by atoms with Crippen LogP contribution in [0.15, 0.2) is 21.5 Å². The summed E-state index contributed by atoms with van der Waals surface area (Å²) in [5, 5.41) is -0.289. The Kier molecular flexibility index (Phi) is 7.10. The Bertz CT molecular complexity index is 764. The van der Waals surface area contributed by atoms with E-state index in [0.29, 0.717) is 39.6 Å². The van der Waals surface area contributed by atoms with Crippen LogP contribution >= 0.6 is 27.7 Å². The van der Waals surface area contributed by atoms with E-state index in [0.717, 1.165) is 11.8 Å². The van der Waals surface area contributed by atoms with Gasteiger partial charge in [0.05, 0.1) is 18.6 Å². The van der Waals surface area contributed by atoms with Crippen molar-refractivity contribution in [2.45, 2.75) is 13.8 Å². The van der Waals surface area contributed by atoms with Crippen LogP contribution < -0.4 is 9.47 Å². The van der Waals surface area contributed by atoms with E-state index in [1.54, 1.807) is 25.1 Å². The first-order valence-electron chi connectivity index (χ1n) is 7.82. The molecule has 0 spiro atoms. The monoisotopic (exact) mass is 443 g/mol. The van der Waals surface area contributed by atoms with Crippen molar-refractivity contribution in [1.29, 1.82) is 0 Å². The number of imide groups is 1. The molecule has 9 heteroatoms. The third kappa shape index (κ3) is 4.59. The number of halogens is 1. The predicted molar refractivity (Wildman–Crippen MR) is 101 cm³/mol. The number of carbonyl (C=O) groups is 3. The molecule has 140 valence electrons. The van der Waals surface area contributed by atoms with Crippen molar-refractivity contribution < 1.29 is 28.6 Å². The van der Waals surface area contributed by atoms with Crippen molar-refractivity contribution in [3.8, 4) is 11.5 Å². The second kappa shape index (κ2) is 9.09. The Hall–Kier alpha value is -2.00. The van der Waals surface area contributed by atoms with Gasteiger partial charge in [-0.25, -0.2) is 4.79 Å². The zero-order valence-corrected chi connectivity index (χ0v) is 16.9. The van der Waals surface area contributed by atoms with Gasteiger partial charge in [0.15, 0.2) is 18.1 Å². The fourth-order valence-electron chi connectivity index (χ4n) is 2.15. The molecule has 0 aliphatic carbocycles. The number of carbonyl (C=O) groups excluding carboxylic acids is 3. The molecule has 0 bridgehead atoms. The normalized spacial score (nSPS) is 15.5. The van der Waals surface area contributed by atoms with Crippen LogP contribution in [0.1, 0.15) is 19.4 Å². The van der Waals surface area contributed by atoms with Crippen molar-refractivity contribution in [3.63, 3.8) is 0 Å². The van der Waals surface area contributed by atoms with Gasteiger partial charge in [-0.2, -0.15) is 0 Å². The molecule has 2 amide bonds. The maximum absolute atomic E-state index is 12.2. The second-order valence-electron chi connectivity index (χ2n) is 5.04.